The Hall–Kier alpha value is -1.85. The molecule has 1 fully saturated rings. The predicted molar refractivity (Wildman–Crippen MR) is 95.3 cm³/mol. The normalized spacial score (nSPS) is 15.8. The van der Waals surface area contributed by atoms with Gasteiger partial charge < -0.3 is 4.90 Å². The maximum atomic E-state index is 12.7. The highest BCUT2D eigenvalue weighted by Crippen LogP contribution is 2.21. The lowest BCUT2D eigenvalue weighted by molar-refractivity contribution is 0.0622. The molecule has 1 aromatic heterocycles. The molecule has 2 heterocycles. The molecule has 0 spiro atoms. The summed E-state index contributed by atoms with van der Waals surface area (Å²) in [6.07, 6.45) is 0. The van der Waals surface area contributed by atoms with Crippen molar-refractivity contribution >= 4 is 17.5 Å². The summed E-state index contributed by atoms with van der Waals surface area (Å²) in [6, 6.07) is 8.45. The number of benzene rings is 1. The summed E-state index contributed by atoms with van der Waals surface area (Å²) >= 11 is 6.24. The highest BCUT2D eigenvalue weighted by atomic mass is 35.5. The third-order valence-corrected chi connectivity index (χ3v) is 5.23. The third-order valence-electron chi connectivity index (χ3n) is 4.78. The number of piperazine rings is 1. The van der Waals surface area contributed by atoms with Crippen LogP contribution in [0.15, 0.2) is 24.3 Å². The van der Waals surface area contributed by atoms with Gasteiger partial charge in [0.1, 0.15) is 0 Å². The Bertz CT molecular complexity index is 747. The number of rotatable bonds is 3. The van der Waals surface area contributed by atoms with Gasteiger partial charge in [0, 0.05) is 39.8 Å². The molecule has 128 valence electrons. The van der Waals surface area contributed by atoms with E-state index in [2.05, 4.69) is 41.2 Å². The number of carbonyl (C=O) groups is 1. The van der Waals surface area contributed by atoms with Crippen LogP contribution >= 0.6 is 11.6 Å². The van der Waals surface area contributed by atoms with Gasteiger partial charge >= 0.3 is 0 Å². The van der Waals surface area contributed by atoms with Gasteiger partial charge in [-0.1, -0.05) is 35.9 Å². The molecule has 1 aliphatic heterocycles. The fourth-order valence-electron chi connectivity index (χ4n) is 3.01. The number of aryl methyl sites for hydroxylation is 2. The van der Waals surface area contributed by atoms with Crippen molar-refractivity contribution < 1.29 is 4.79 Å². The van der Waals surface area contributed by atoms with E-state index in [9.17, 15) is 4.79 Å². The fraction of sp³-hybridized carbons (Fsp3) is 0.444. The zero-order valence-corrected chi connectivity index (χ0v) is 15.2. The number of nitrogens with zero attached hydrogens (tertiary/aromatic N) is 4. The molecule has 1 aromatic carbocycles. The Morgan fingerprint density at radius 1 is 1.17 bits per heavy atom. The Labute approximate surface area is 147 Å². The van der Waals surface area contributed by atoms with Gasteiger partial charge in [-0.05, 0) is 25.0 Å². The van der Waals surface area contributed by atoms with Gasteiger partial charge in [0.05, 0.1) is 10.7 Å². The van der Waals surface area contributed by atoms with Crippen LogP contribution in [0.5, 0.6) is 0 Å². The van der Waals surface area contributed by atoms with E-state index >= 15 is 0 Å². The molecule has 24 heavy (non-hydrogen) atoms. The lowest BCUT2D eigenvalue weighted by Crippen LogP contribution is -2.48. The lowest BCUT2D eigenvalue weighted by Gasteiger charge is -2.34. The SMILES string of the molecule is Cc1ccccc1CN1CCN(C(=O)c2nn(C)c(C)c2Cl)CC1. The number of hydrogen-bond acceptors (Lipinski definition) is 3. The average Bonchev–Trinajstić information content (AvgIpc) is 2.84. The van der Waals surface area contributed by atoms with Crippen LogP contribution in [0.3, 0.4) is 0 Å². The highest BCUT2D eigenvalue weighted by molar-refractivity contribution is 6.34. The monoisotopic (exact) mass is 346 g/mol. The fourth-order valence-corrected chi connectivity index (χ4v) is 3.25. The first kappa shape index (κ1) is 17.0. The number of halogens is 1. The summed E-state index contributed by atoms with van der Waals surface area (Å²) in [5.41, 5.74) is 3.84. The molecule has 0 bridgehead atoms. The molecule has 0 atom stereocenters. The number of amides is 1. The largest absolute Gasteiger partial charge is 0.335 e. The van der Waals surface area contributed by atoms with Crippen LogP contribution in [0, 0.1) is 13.8 Å². The maximum absolute atomic E-state index is 12.7. The summed E-state index contributed by atoms with van der Waals surface area (Å²) in [4.78, 5) is 16.9. The van der Waals surface area contributed by atoms with Gasteiger partial charge in [-0.3, -0.25) is 14.4 Å². The molecule has 0 N–H and O–H groups in total. The minimum Gasteiger partial charge on any atom is -0.335 e. The van der Waals surface area contributed by atoms with Crippen molar-refractivity contribution in [3.05, 3.63) is 51.8 Å². The molecule has 1 saturated heterocycles. The van der Waals surface area contributed by atoms with Crippen LogP contribution in [0.4, 0.5) is 0 Å². The van der Waals surface area contributed by atoms with Crippen molar-refractivity contribution in [1.29, 1.82) is 0 Å². The Morgan fingerprint density at radius 2 is 1.83 bits per heavy atom. The summed E-state index contributed by atoms with van der Waals surface area (Å²) in [5.74, 6) is -0.0701. The van der Waals surface area contributed by atoms with E-state index in [0.29, 0.717) is 23.8 Å². The molecule has 0 saturated carbocycles. The van der Waals surface area contributed by atoms with Crippen molar-refractivity contribution in [2.24, 2.45) is 7.05 Å². The Morgan fingerprint density at radius 3 is 2.42 bits per heavy atom. The van der Waals surface area contributed by atoms with Gasteiger partial charge in [0.15, 0.2) is 5.69 Å². The second kappa shape index (κ2) is 6.95. The number of hydrogen-bond donors (Lipinski definition) is 0. The molecule has 6 heteroatoms. The summed E-state index contributed by atoms with van der Waals surface area (Å²) in [7, 11) is 1.80. The molecule has 1 aliphatic rings. The van der Waals surface area contributed by atoms with Crippen molar-refractivity contribution in [3.8, 4) is 0 Å². The van der Waals surface area contributed by atoms with Crippen LogP contribution in [0.1, 0.15) is 27.3 Å². The topological polar surface area (TPSA) is 41.4 Å². The number of carbonyl (C=O) groups excluding carboxylic acids is 1. The van der Waals surface area contributed by atoms with Crippen molar-refractivity contribution in [1.82, 2.24) is 19.6 Å². The van der Waals surface area contributed by atoms with E-state index in [4.69, 9.17) is 11.6 Å². The van der Waals surface area contributed by atoms with Gasteiger partial charge in [-0.25, -0.2) is 0 Å². The molecule has 0 radical (unpaired) electrons. The van der Waals surface area contributed by atoms with Gasteiger partial charge in [0.2, 0.25) is 0 Å². The van der Waals surface area contributed by atoms with Crippen LogP contribution in [0.2, 0.25) is 5.02 Å². The smallest absolute Gasteiger partial charge is 0.276 e. The molecule has 3 rings (SSSR count). The van der Waals surface area contributed by atoms with E-state index in [1.165, 1.54) is 11.1 Å². The maximum Gasteiger partial charge on any atom is 0.276 e. The molecular weight excluding hydrogens is 324 g/mol. The second-order valence-corrected chi connectivity index (χ2v) is 6.74. The van der Waals surface area contributed by atoms with Crippen LogP contribution in [-0.4, -0.2) is 51.7 Å². The standard InChI is InChI=1S/C18H23ClN4O/c1-13-6-4-5-7-15(13)12-22-8-10-23(11-9-22)18(24)17-16(19)14(2)21(3)20-17/h4-7H,8-12H2,1-3H3. The lowest BCUT2D eigenvalue weighted by atomic mass is 10.1. The summed E-state index contributed by atoms with van der Waals surface area (Å²) in [5, 5.41) is 4.73. The first-order chi connectivity index (χ1) is 11.5. The van der Waals surface area contributed by atoms with Crippen LogP contribution in [0.25, 0.3) is 0 Å². The van der Waals surface area contributed by atoms with Crippen molar-refractivity contribution in [3.63, 3.8) is 0 Å². The summed E-state index contributed by atoms with van der Waals surface area (Å²) in [6.45, 7) is 8.07. The average molecular weight is 347 g/mol. The molecule has 0 aliphatic carbocycles. The molecule has 1 amide bonds. The van der Waals surface area contributed by atoms with Gasteiger partial charge in [-0.2, -0.15) is 5.10 Å². The molecule has 2 aromatic rings. The molecule has 5 nitrogen and oxygen atoms in total. The van der Waals surface area contributed by atoms with Crippen molar-refractivity contribution in [2.45, 2.75) is 20.4 Å². The Balaban J connectivity index is 1.61. The summed E-state index contributed by atoms with van der Waals surface area (Å²) < 4.78 is 1.66. The first-order valence-electron chi connectivity index (χ1n) is 8.22. The van der Waals surface area contributed by atoms with E-state index in [1.54, 1.807) is 11.7 Å². The highest BCUT2D eigenvalue weighted by Gasteiger charge is 2.26. The quantitative estimate of drug-likeness (QED) is 0.858. The minimum absolute atomic E-state index is 0.0701. The van der Waals surface area contributed by atoms with Gasteiger partial charge in [0.25, 0.3) is 5.91 Å². The minimum atomic E-state index is -0.0701. The third kappa shape index (κ3) is 3.32. The van der Waals surface area contributed by atoms with Crippen molar-refractivity contribution in [2.75, 3.05) is 26.2 Å². The molecule has 0 unspecified atom stereocenters. The van der Waals surface area contributed by atoms with E-state index in [1.807, 2.05) is 11.8 Å². The van der Waals surface area contributed by atoms with Crippen LogP contribution < -0.4 is 0 Å². The molecular formula is C18H23ClN4O. The van der Waals surface area contributed by atoms with Crippen LogP contribution in [-0.2, 0) is 13.6 Å². The first-order valence-corrected chi connectivity index (χ1v) is 8.60. The predicted octanol–water partition coefficient (Wildman–Crippen LogP) is 2.65. The zero-order valence-electron chi connectivity index (χ0n) is 14.4. The van der Waals surface area contributed by atoms with E-state index < -0.39 is 0 Å². The number of aromatic nitrogens is 2. The second-order valence-electron chi connectivity index (χ2n) is 6.37. The Kier molecular flexibility index (Phi) is 4.92. The van der Waals surface area contributed by atoms with Gasteiger partial charge in [-0.15, -0.1) is 0 Å². The van der Waals surface area contributed by atoms with E-state index in [0.717, 1.165) is 25.3 Å². The zero-order chi connectivity index (χ0) is 17.3. The van der Waals surface area contributed by atoms with E-state index in [-0.39, 0.29) is 5.91 Å².